The number of rotatable bonds is 5. The number of methoxy groups -OCH3 is 2. The number of fused-ring (bicyclic) bond motifs is 1. The van der Waals surface area contributed by atoms with Crippen LogP contribution in [0.1, 0.15) is 13.3 Å². The van der Waals surface area contributed by atoms with Gasteiger partial charge in [0.15, 0.2) is 11.5 Å². The highest BCUT2D eigenvalue weighted by Crippen LogP contribution is 2.34. The van der Waals surface area contributed by atoms with Crippen molar-refractivity contribution in [2.24, 2.45) is 0 Å². The fourth-order valence-corrected chi connectivity index (χ4v) is 3.59. The Balaban J connectivity index is 1.67. The van der Waals surface area contributed by atoms with Gasteiger partial charge in [-0.3, -0.25) is 4.79 Å². The van der Waals surface area contributed by atoms with Crippen LogP contribution in [0.4, 0.5) is 0 Å². The van der Waals surface area contributed by atoms with Crippen molar-refractivity contribution in [1.29, 1.82) is 0 Å². The van der Waals surface area contributed by atoms with Gasteiger partial charge in [-0.15, -0.1) is 0 Å². The van der Waals surface area contributed by atoms with E-state index in [1.165, 1.54) is 6.33 Å². The number of carbonyl (C=O) groups excluding carboxylic acids is 1. The van der Waals surface area contributed by atoms with Crippen molar-refractivity contribution in [3.8, 4) is 28.5 Å². The summed E-state index contributed by atoms with van der Waals surface area (Å²) in [6, 6.07) is 11.8. The Kier molecular flexibility index (Phi) is 5.20. The molecule has 0 saturated carbocycles. The maximum Gasteiger partial charge on any atom is 0.224 e. The summed E-state index contributed by atoms with van der Waals surface area (Å²) in [6.07, 6.45) is 2.23. The minimum absolute atomic E-state index is 0.0678. The van der Waals surface area contributed by atoms with E-state index in [-0.39, 0.29) is 12.0 Å². The van der Waals surface area contributed by atoms with Gasteiger partial charge in [0.05, 0.1) is 31.7 Å². The second kappa shape index (κ2) is 7.95. The number of ether oxygens (including phenoxy) is 3. The minimum Gasteiger partial charge on any atom is -0.493 e. The quantitative estimate of drug-likeness (QED) is 0.662. The number of nitrogens with zero attached hydrogens (tertiary/aromatic N) is 3. The third-order valence-corrected chi connectivity index (χ3v) is 5.18. The van der Waals surface area contributed by atoms with Crippen molar-refractivity contribution < 1.29 is 19.0 Å². The fraction of sp³-hybridized carbons (Fsp3) is 0.318. The molecule has 2 aromatic carbocycles. The van der Waals surface area contributed by atoms with E-state index >= 15 is 0 Å². The highest BCUT2D eigenvalue weighted by atomic mass is 16.5. The van der Waals surface area contributed by atoms with E-state index < -0.39 is 0 Å². The molecule has 3 aromatic rings. The maximum absolute atomic E-state index is 11.6. The molecule has 2 heterocycles. The molecule has 1 amide bonds. The monoisotopic (exact) mass is 393 g/mol. The molecule has 29 heavy (non-hydrogen) atoms. The smallest absolute Gasteiger partial charge is 0.224 e. The van der Waals surface area contributed by atoms with Crippen LogP contribution < -0.4 is 14.2 Å². The Hall–Kier alpha value is -3.35. The van der Waals surface area contributed by atoms with Crippen molar-refractivity contribution in [2.45, 2.75) is 19.4 Å². The molecular weight excluding hydrogens is 370 g/mol. The van der Waals surface area contributed by atoms with Crippen LogP contribution in [0.5, 0.6) is 17.4 Å². The van der Waals surface area contributed by atoms with E-state index in [9.17, 15) is 4.79 Å². The molecule has 4 rings (SSSR count). The van der Waals surface area contributed by atoms with Gasteiger partial charge in [-0.1, -0.05) is 12.1 Å². The molecule has 1 aliphatic rings. The first-order valence-electron chi connectivity index (χ1n) is 9.48. The molecule has 150 valence electrons. The first-order valence-corrected chi connectivity index (χ1v) is 9.48. The number of hydrogen-bond donors (Lipinski definition) is 0. The largest absolute Gasteiger partial charge is 0.493 e. The zero-order valence-corrected chi connectivity index (χ0v) is 16.7. The number of amides is 1. The Morgan fingerprint density at radius 3 is 2.52 bits per heavy atom. The first kappa shape index (κ1) is 19.0. The average molecular weight is 393 g/mol. The van der Waals surface area contributed by atoms with Crippen molar-refractivity contribution in [3.05, 3.63) is 42.7 Å². The summed E-state index contributed by atoms with van der Waals surface area (Å²) < 4.78 is 16.9. The highest BCUT2D eigenvalue weighted by molar-refractivity contribution is 5.88. The molecule has 0 spiro atoms. The number of benzene rings is 2. The molecule has 1 saturated heterocycles. The molecule has 1 atom stereocenters. The lowest BCUT2D eigenvalue weighted by molar-refractivity contribution is -0.128. The average Bonchev–Trinajstić information content (AvgIpc) is 3.22. The van der Waals surface area contributed by atoms with E-state index in [2.05, 4.69) is 9.97 Å². The Morgan fingerprint density at radius 2 is 1.79 bits per heavy atom. The Morgan fingerprint density at radius 1 is 1.03 bits per heavy atom. The molecule has 7 nitrogen and oxygen atoms in total. The molecule has 7 heteroatoms. The summed E-state index contributed by atoms with van der Waals surface area (Å²) >= 11 is 0. The molecule has 1 aromatic heterocycles. The van der Waals surface area contributed by atoms with Crippen LogP contribution >= 0.6 is 0 Å². The molecule has 0 radical (unpaired) electrons. The van der Waals surface area contributed by atoms with Crippen LogP contribution in [0, 0.1) is 0 Å². The summed E-state index contributed by atoms with van der Waals surface area (Å²) in [5.41, 5.74) is 2.79. The van der Waals surface area contributed by atoms with Gasteiger partial charge in [0.25, 0.3) is 0 Å². The summed E-state index contributed by atoms with van der Waals surface area (Å²) in [7, 11) is 3.23. The zero-order chi connectivity index (χ0) is 20.4. The van der Waals surface area contributed by atoms with Gasteiger partial charge in [0, 0.05) is 19.9 Å². The normalized spacial score (nSPS) is 16.1. The SMILES string of the molecule is COc1ccc(-c2ccc3ncnc(O[C@@H]4CCN(C(C)=O)C4)c3c2)cc1OC. The van der Waals surface area contributed by atoms with E-state index in [0.717, 1.165) is 28.5 Å². The highest BCUT2D eigenvalue weighted by Gasteiger charge is 2.26. The van der Waals surface area contributed by atoms with Crippen LogP contribution in [0.25, 0.3) is 22.0 Å². The second-order valence-electron chi connectivity index (χ2n) is 6.97. The van der Waals surface area contributed by atoms with Crippen molar-refractivity contribution in [2.75, 3.05) is 27.3 Å². The molecule has 0 bridgehead atoms. The molecular formula is C22H23N3O4. The molecule has 0 N–H and O–H groups in total. The van der Waals surface area contributed by atoms with Gasteiger partial charge in [-0.05, 0) is 35.4 Å². The van der Waals surface area contributed by atoms with Crippen LogP contribution in [0.15, 0.2) is 42.7 Å². The number of aromatic nitrogens is 2. The zero-order valence-electron chi connectivity index (χ0n) is 16.7. The van der Waals surface area contributed by atoms with Crippen molar-refractivity contribution in [1.82, 2.24) is 14.9 Å². The third-order valence-electron chi connectivity index (χ3n) is 5.18. The predicted molar refractivity (Wildman–Crippen MR) is 109 cm³/mol. The predicted octanol–water partition coefficient (Wildman–Crippen LogP) is 3.31. The third kappa shape index (κ3) is 3.81. The molecule has 1 aliphatic heterocycles. The van der Waals surface area contributed by atoms with E-state index in [1.54, 1.807) is 26.0 Å². The van der Waals surface area contributed by atoms with Gasteiger partial charge >= 0.3 is 0 Å². The van der Waals surface area contributed by atoms with E-state index in [4.69, 9.17) is 14.2 Å². The number of likely N-dealkylation sites (tertiary alicyclic amines) is 1. The van der Waals surface area contributed by atoms with Gasteiger partial charge in [-0.2, -0.15) is 0 Å². The van der Waals surface area contributed by atoms with Crippen molar-refractivity contribution in [3.63, 3.8) is 0 Å². The lowest BCUT2D eigenvalue weighted by atomic mass is 10.0. The lowest BCUT2D eigenvalue weighted by Crippen LogP contribution is -2.28. The first-order chi connectivity index (χ1) is 14.1. The van der Waals surface area contributed by atoms with E-state index in [0.29, 0.717) is 30.5 Å². The Bertz CT molecular complexity index is 1050. The number of hydrogen-bond acceptors (Lipinski definition) is 6. The van der Waals surface area contributed by atoms with Crippen LogP contribution in [0.2, 0.25) is 0 Å². The van der Waals surface area contributed by atoms with Crippen LogP contribution in [-0.4, -0.2) is 54.2 Å². The Labute approximate surface area is 169 Å². The summed E-state index contributed by atoms with van der Waals surface area (Å²) in [5.74, 6) is 1.95. The molecule has 0 unspecified atom stereocenters. The molecule has 0 aliphatic carbocycles. The van der Waals surface area contributed by atoms with Gasteiger partial charge in [0.2, 0.25) is 11.8 Å². The maximum atomic E-state index is 11.6. The van der Waals surface area contributed by atoms with Crippen LogP contribution in [0.3, 0.4) is 0 Å². The van der Waals surface area contributed by atoms with Crippen molar-refractivity contribution >= 4 is 16.8 Å². The van der Waals surface area contributed by atoms with Crippen LogP contribution in [-0.2, 0) is 4.79 Å². The van der Waals surface area contributed by atoms with Gasteiger partial charge in [0.1, 0.15) is 12.4 Å². The minimum atomic E-state index is -0.0678. The standard InChI is InChI=1S/C22H23N3O4/c1-14(26)25-9-8-17(12-25)29-22-18-10-15(4-6-19(18)23-13-24-22)16-5-7-20(27-2)21(11-16)28-3/h4-7,10-11,13,17H,8-9,12H2,1-3H3/t17-/m1/s1. The van der Waals surface area contributed by atoms with Gasteiger partial charge < -0.3 is 19.1 Å². The summed E-state index contributed by atoms with van der Waals surface area (Å²) in [6.45, 7) is 2.87. The summed E-state index contributed by atoms with van der Waals surface area (Å²) in [4.78, 5) is 22.1. The summed E-state index contributed by atoms with van der Waals surface area (Å²) in [5, 5.41) is 0.834. The van der Waals surface area contributed by atoms with E-state index in [1.807, 2.05) is 36.4 Å². The lowest BCUT2D eigenvalue weighted by Gasteiger charge is -2.16. The number of carbonyl (C=O) groups is 1. The topological polar surface area (TPSA) is 73.8 Å². The van der Waals surface area contributed by atoms with Gasteiger partial charge in [-0.25, -0.2) is 9.97 Å². The second-order valence-corrected chi connectivity index (χ2v) is 6.97. The fourth-order valence-electron chi connectivity index (χ4n) is 3.59. The molecule has 1 fully saturated rings.